The first-order valence-electron chi connectivity index (χ1n) is 14.6. The molecule has 218 valence electrons. The van der Waals surface area contributed by atoms with E-state index < -0.39 is 5.97 Å². The second kappa shape index (κ2) is 14.6. The third-order valence-corrected chi connectivity index (χ3v) is 7.72. The molecule has 1 fully saturated rings. The van der Waals surface area contributed by atoms with Crippen LogP contribution in [0.1, 0.15) is 60.3 Å². The number of aryl methyl sites for hydroxylation is 2. The lowest BCUT2D eigenvalue weighted by Crippen LogP contribution is -2.38. The zero-order chi connectivity index (χ0) is 29.2. The zero-order valence-electron chi connectivity index (χ0n) is 24.5. The predicted molar refractivity (Wildman–Crippen MR) is 161 cm³/mol. The summed E-state index contributed by atoms with van der Waals surface area (Å²) in [7, 11) is 1.64. The van der Waals surface area contributed by atoms with Crippen LogP contribution >= 0.6 is 0 Å². The largest absolute Gasteiger partial charge is 0.497 e. The maximum absolute atomic E-state index is 13.7. The Kier molecular flexibility index (Phi) is 10.7. The second-order valence-corrected chi connectivity index (χ2v) is 11.3. The summed E-state index contributed by atoms with van der Waals surface area (Å²) in [5.74, 6) is 1.01. The molecule has 1 saturated heterocycles. The summed E-state index contributed by atoms with van der Waals surface area (Å²) in [5, 5.41) is 9.50. The van der Waals surface area contributed by atoms with E-state index in [1.54, 1.807) is 13.3 Å². The van der Waals surface area contributed by atoms with Crippen molar-refractivity contribution in [1.29, 1.82) is 0 Å². The molecular formula is C33H42N4O4. The number of nitrogens with zero attached hydrogens (tertiary/aromatic N) is 4. The van der Waals surface area contributed by atoms with Crippen molar-refractivity contribution in [2.75, 3.05) is 38.2 Å². The van der Waals surface area contributed by atoms with Crippen LogP contribution < -0.4 is 9.64 Å². The van der Waals surface area contributed by atoms with E-state index in [0.717, 1.165) is 50.1 Å². The number of ether oxygens (including phenoxy) is 1. The fourth-order valence-corrected chi connectivity index (χ4v) is 5.30. The second-order valence-electron chi connectivity index (χ2n) is 11.3. The van der Waals surface area contributed by atoms with E-state index in [9.17, 15) is 14.7 Å². The van der Waals surface area contributed by atoms with Crippen molar-refractivity contribution in [3.8, 4) is 5.75 Å². The fraction of sp³-hybridized carbons (Fsp3) is 0.455. The molecule has 1 amide bonds. The minimum Gasteiger partial charge on any atom is -0.497 e. The maximum Gasteiger partial charge on any atom is 0.323 e. The predicted octanol–water partition coefficient (Wildman–Crippen LogP) is 5.30. The highest BCUT2D eigenvalue weighted by molar-refractivity contribution is 5.96. The molecule has 2 aromatic carbocycles. The molecule has 0 atom stereocenters. The van der Waals surface area contributed by atoms with Gasteiger partial charge in [-0.25, -0.2) is 9.97 Å². The summed E-state index contributed by atoms with van der Waals surface area (Å²) in [6.07, 6.45) is 6.70. The van der Waals surface area contributed by atoms with Crippen molar-refractivity contribution in [2.24, 2.45) is 11.8 Å². The van der Waals surface area contributed by atoms with Crippen LogP contribution in [0, 0.1) is 11.8 Å². The number of methoxy groups -OCH3 is 1. The summed E-state index contributed by atoms with van der Waals surface area (Å²) < 4.78 is 5.38. The number of amides is 1. The van der Waals surface area contributed by atoms with Gasteiger partial charge in [0.2, 0.25) is 5.95 Å². The Bertz CT molecular complexity index is 1290. The summed E-state index contributed by atoms with van der Waals surface area (Å²) in [4.78, 5) is 38.5. The Balaban J connectivity index is 1.54. The Morgan fingerprint density at radius 1 is 1.05 bits per heavy atom. The van der Waals surface area contributed by atoms with Crippen molar-refractivity contribution in [3.05, 3.63) is 83.2 Å². The molecule has 0 saturated carbocycles. The van der Waals surface area contributed by atoms with Crippen LogP contribution in [0.25, 0.3) is 0 Å². The first-order valence-corrected chi connectivity index (χ1v) is 14.6. The van der Waals surface area contributed by atoms with Gasteiger partial charge in [0.05, 0.1) is 18.4 Å². The quantitative estimate of drug-likeness (QED) is 0.304. The number of benzene rings is 2. The molecule has 3 aromatic rings. The van der Waals surface area contributed by atoms with Crippen molar-refractivity contribution in [3.63, 3.8) is 0 Å². The molecule has 0 aliphatic carbocycles. The number of carboxylic acid groups (broad SMARTS) is 1. The SMILES string of the molecule is COc1cccc(CCc2nc(N3CCC(Cc4ccccc4)CC3)ncc2C(=O)N(CCC(C)C)CC(=O)O)c1. The van der Waals surface area contributed by atoms with E-state index >= 15 is 0 Å². The van der Waals surface area contributed by atoms with E-state index in [-0.39, 0.29) is 12.5 Å². The highest BCUT2D eigenvalue weighted by Crippen LogP contribution is 2.25. The number of carbonyl (C=O) groups is 2. The van der Waals surface area contributed by atoms with Gasteiger partial charge < -0.3 is 19.6 Å². The standard InChI is InChI=1S/C33H42N4O4/c1-24(2)14-17-37(23-31(38)39)32(40)29-22-34-33(35-30(29)13-12-26-10-7-11-28(21-26)41-3)36-18-15-27(16-19-36)20-25-8-5-4-6-9-25/h4-11,21-22,24,27H,12-20,23H2,1-3H3,(H,38,39). The molecule has 0 unspecified atom stereocenters. The van der Waals surface area contributed by atoms with Gasteiger partial charge in [-0.05, 0) is 73.6 Å². The smallest absolute Gasteiger partial charge is 0.323 e. The Morgan fingerprint density at radius 2 is 1.78 bits per heavy atom. The highest BCUT2D eigenvalue weighted by atomic mass is 16.5. The zero-order valence-corrected chi connectivity index (χ0v) is 24.5. The number of carboxylic acids is 1. The van der Waals surface area contributed by atoms with Crippen molar-refractivity contribution < 1.29 is 19.4 Å². The van der Waals surface area contributed by atoms with Gasteiger partial charge in [-0.3, -0.25) is 9.59 Å². The van der Waals surface area contributed by atoms with Gasteiger partial charge in [0.1, 0.15) is 12.3 Å². The minimum atomic E-state index is -1.03. The van der Waals surface area contributed by atoms with E-state index in [0.29, 0.717) is 48.4 Å². The van der Waals surface area contributed by atoms with Crippen molar-refractivity contribution in [1.82, 2.24) is 14.9 Å². The van der Waals surface area contributed by atoms with Crippen LogP contribution in [0.2, 0.25) is 0 Å². The normalized spacial score (nSPS) is 13.8. The Morgan fingerprint density at radius 3 is 2.46 bits per heavy atom. The van der Waals surface area contributed by atoms with Gasteiger partial charge in [0, 0.05) is 25.8 Å². The molecule has 8 nitrogen and oxygen atoms in total. The van der Waals surface area contributed by atoms with Crippen molar-refractivity contribution >= 4 is 17.8 Å². The Hall–Kier alpha value is -3.94. The first kappa shape index (κ1) is 30.0. The van der Waals surface area contributed by atoms with Crippen LogP contribution in [0.4, 0.5) is 5.95 Å². The van der Waals surface area contributed by atoms with Crippen LogP contribution in [-0.2, 0) is 24.1 Å². The van der Waals surface area contributed by atoms with E-state index in [4.69, 9.17) is 9.72 Å². The highest BCUT2D eigenvalue weighted by Gasteiger charge is 2.26. The molecule has 41 heavy (non-hydrogen) atoms. The number of aromatic nitrogens is 2. The molecule has 2 heterocycles. The number of aliphatic carboxylic acids is 1. The molecule has 4 rings (SSSR count). The van der Waals surface area contributed by atoms with E-state index in [2.05, 4.69) is 54.1 Å². The summed E-state index contributed by atoms with van der Waals surface area (Å²) >= 11 is 0. The minimum absolute atomic E-state index is 0.332. The summed E-state index contributed by atoms with van der Waals surface area (Å²) in [6.45, 7) is 5.86. The summed E-state index contributed by atoms with van der Waals surface area (Å²) in [6, 6.07) is 18.5. The van der Waals surface area contributed by atoms with Gasteiger partial charge in [0.25, 0.3) is 5.91 Å². The monoisotopic (exact) mass is 558 g/mol. The molecule has 0 spiro atoms. The molecule has 1 N–H and O–H groups in total. The molecule has 1 aliphatic heterocycles. The van der Waals surface area contributed by atoms with Gasteiger partial charge in [0.15, 0.2) is 0 Å². The lowest BCUT2D eigenvalue weighted by Gasteiger charge is -2.32. The molecule has 1 aromatic heterocycles. The molecule has 0 radical (unpaired) electrons. The molecular weight excluding hydrogens is 516 g/mol. The van der Waals surface area contributed by atoms with Crippen LogP contribution in [0.5, 0.6) is 5.75 Å². The lowest BCUT2D eigenvalue weighted by molar-refractivity contribution is -0.137. The van der Waals surface area contributed by atoms with Crippen molar-refractivity contribution in [2.45, 2.75) is 52.4 Å². The average Bonchev–Trinajstić information content (AvgIpc) is 2.98. The van der Waals surface area contributed by atoms with Gasteiger partial charge in [-0.1, -0.05) is 56.3 Å². The average molecular weight is 559 g/mol. The number of carbonyl (C=O) groups excluding carboxylic acids is 1. The summed E-state index contributed by atoms with van der Waals surface area (Å²) in [5.41, 5.74) is 3.47. The van der Waals surface area contributed by atoms with Crippen LogP contribution in [0.15, 0.2) is 60.8 Å². The first-order chi connectivity index (χ1) is 19.8. The third-order valence-electron chi connectivity index (χ3n) is 7.72. The third kappa shape index (κ3) is 8.77. The number of piperidine rings is 1. The molecule has 1 aliphatic rings. The molecule has 8 heteroatoms. The van der Waals surface area contributed by atoms with Crippen LogP contribution in [-0.4, -0.2) is 65.1 Å². The van der Waals surface area contributed by atoms with Gasteiger partial charge in [-0.2, -0.15) is 0 Å². The van der Waals surface area contributed by atoms with Gasteiger partial charge in [-0.15, -0.1) is 0 Å². The van der Waals surface area contributed by atoms with Gasteiger partial charge >= 0.3 is 5.97 Å². The lowest BCUT2D eigenvalue weighted by atomic mass is 9.90. The number of hydrogen-bond donors (Lipinski definition) is 1. The topological polar surface area (TPSA) is 95.9 Å². The fourth-order valence-electron chi connectivity index (χ4n) is 5.30. The Labute approximate surface area is 243 Å². The van der Waals surface area contributed by atoms with Crippen LogP contribution in [0.3, 0.4) is 0 Å². The number of rotatable bonds is 13. The maximum atomic E-state index is 13.7. The molecule has 0 bridgehead atoms. The number of hydrogen-bond acceptors (Lipinski definition) is 6. The van der Waals surface area contributed by atoms with E-state index in [1.165, 1.54) is 10.5 Å². The van der Waals surface area contributed by atoms with E-state index in [1.807, 2.05) is 24.3 Å². The number of anilines is 1.